The predicted octanol–water partition coefficient (Wildman–Crippen LogP) is 2.72. The number of aryl methyl sites for hydroxylation is 2. The number of carbonyl (C=O) groups is 1. The lowest BCUT2D eigenvalue weighted by Crippen LogP contribution is -2.29. The molecule has 0 aliphatic carbocycles. The van der Waals surface area contributed by atoms with E-state index >= 15 is 0 Å². The molecule has 2 aromatic rings. The van der Waals surface area contributed by atoms with Crippen LogP contribution in [-0.2, 0) is 7.05 Å². The molecule has 3 heteroatoms. The van der Waals surface area contributed by atoms with Crippen molar-refractivity contribution in [3.8, 4) is 0 Å². The monoisotopic (exact) mass is 242 g/mol. The Labute approximate surface area is 107 Å². The Balaban J connectivity index is 2.09. The molecule has 18 heavy (non-hydrogen) atoms. The van der Waals surface area contributed by atoms with Gasteiger partial charge in [0.15, 0.2) is 0 Å². The first-order valence-corrected chi connectivity index (χ1v) is 6.53. The average molecular weight is 242 g/mol. The molecule has 3 nitrogen and oxygen atoms in total. The van der Waals surface area contributed by atoms with Gasteiger partial charge in [0.2, 0.25) is 0 Å². The summed E-state index contributed by atoms with van der Waals surface area (Å²) in [5, 5.41) is 1.18. The van der Waals surface area contributed by atoms with Crippen LogP contribution in [0, 0.1) is 6.92 Å². The van der Waals surface area contributed by atoms with Crippen molar-refractivity contribution in [2.45, 2.75) is 19.8 Å². The van der Waals surface area contributed by atoms with Crippen LogP contribution in [0.5, 0.6) is 0 Å². The molecule has 3 rings (SSSR count). The van der Waals surface area contributed by atoms with Gasteiger partial charge in [0.05, 0.1) is 0 Å². The van der Waals surface area contributed by atoms with E-state index in [0.29, 0.717) is 0 Å². The van der Waals surface area contributed by atoms with Gasteiger partial charge >= 0.3 is 0 Å². The molecular weight excluding hydrogens is 224 g/mol. The Kier molecular flexibility index (Phi) is 2.62. The largest absolute Gasteiger partial charge is 0.340 e. The summed E-state index contributed by atoms with van der Waals surface area (Å²) in [4.78, 5) is 14.4. The summed E-state index contributed by atoms with van der Waals surface area (Å²) in [7, 11) is 1.98. The first kappa shape index (κ1) is 11.3. The molecule has 1 fully saturated rings. The minimum atomic E-state index is 0.172. The van der Waals surface area contributed by atoms with E-state index in [1.807, 2.05) is 28.6 Å². The number of fused-ring (bicyclic) bond motifs is 1. The molecule has 1 aromatic carbocycles. The topological polar surface area (TPSA) is 25.2 Å². The van der Waals surface area contributed by atoms with Crippen molar-refractivity contribution >= 4 is 16.8 Å². The predicted molar refractivity (Wildman–Crippen MR) is 72.8 cm³/mol. The summed E-state index contributed by atoms with van der Waals surface area (Å²) in [6, 6.07) is 8.24. The second kappa shape index (κ2) is 4.16. The van der Waals surface area contributed by atoms with Crippen LogP contribution in [0.2, 0.25) is 0 Å². The first-order valence-electron chi connectivity index (χ1n) is 6.53. The SMILES string of the molecule is Cc1cccc2c1cc(C(=O)N1CCCC1)n2C. The van der Waals surface area contributed by atoms with E-state index in [1.165, 1.54) is 10.9 Å². The third-order valence-corrected chi connectivity index (χ3v) is 3.92. The Morgan fingerprint density at radius 3 is 2.61 bits per heavy atom. The fourth-order valence-electron chi connectivity index (χ4n) is 2.80. The molecule has 0 unspecified atom stereocenters. The molecule has 1 amide bonds. The summed E-state index contributed by atoms with van der Waals surface area (Å²) in [5.41, 5.74) is 3.17. The Morgan fingerprint density at radius 2 is 1.94 bits per heavy atom. The van der Waals surface area contributed by atoms with Crippen LogP contribution in [0.1, 0.15) is 28.9 Å². The maximum Gasteiger partial charge on any atom is 0.270 e. The maximum absolute atomic E-state index is 12.5. The number of amides is 1. The maximum atomic E-state index is 12.5. The van der Waals surface area contributed by atoms with Gasteiger partial charge in [-0.25, -0.2) is 0 Å². The second-order valence-electron chi connectivity index (χ2n) is 5.10. The summed E-state index contributed by atoms with van der Waals surface area (Å²) < 4.78 is 2.02. The molecule has 0 atom stereocenters. The van der Waals surface area contributed by atoms with Crippen LogP contribution in [-0.4, -0.2) is 28.5 Å². The summed E-state index contributed by atoms with van der Waals surface area (Å²) in [5.74, 6) is 0.172. The molecule has 1 aliphatic rings. The van der Waals surface area contributed by atoms with Crippen molar-refractivity contribution < 1.29 is 4.79 Å². The second-order valence-corrected chi connectivity index (χ2v) is 5.10. The summed E-state index contributed by atoms with van der Waals surface area (Å²) in [6.07, 6.45) is 2.27. The van der Waals surface area contributed by atoms with Gasteiger partial charge in [0, 0.05) is 31.0 Å². The highest BCUT2D eigenvalue weighted by molar-refractivity contribution is 5.99. The highest BCUT2D eigenvalue weighted by Gasteiger charge is 2.22. The standard InChI is InChI=1S/C15H18N2O/c1-11-6-5-7-13-12(11)10-14(16(13)2)15(18)17-8-3-4-9-17/h5-7,10H,3-4,8-9H2,1-2H3. The van der Waals surface area contributed by atoms with Crippen LogP contribution in [0.3, 0.4) is 0 Å². The van der Waals surface area contributed by atoms with Gasteiger partial charge in [0.1, 0.15) is 5.69 Å². The van der Waals surface area contributed by atoms with Crippen molar-refractivity contribution in [2.75, 3.05) is 13.1 Å². The third-order valence-electron chi connectivity index (χ3n) is 3.92. The Hall–Kier alpha value is -1.77. The lowest BCUT2D eigenvalue weighted by atomic mass is 10.1. The van der Waals surface area contributed by atoms with Gasteiger partial charge in [-0.05, 0) is 37.5 Å². The minimum Gasteiger partial charge on any atom is -0.340 e. The van der Waals surface area contributed by atoms with E-state index in [2.05, 4.69) is 19.1 Å². The van der Waals surface area contributed by atoms with Crippen molar-refractivity contribution in [1.82, 2.24) is 9.47 Å². The summed E-state index contributed by atoms with van der Waals surface area (Å²) in [6.45, 7) is 3.89. The third kappa shape index (κ3) is 1.62. The van der Waals surface area contributed by atoms with E-state index in [4.69, 9.17) is 0 Å². The molecule has 94 valence electrons. The number of likely N-dealkylation sites (tertiary alicyclic amines) is 1. The van der Waals surface area contributed by atoms with Crippen LogP contribution >= 0.6 is 0 Å². The molecular formula is C15H18N2O. The molecule has 0 N–H and O–H groups in total. The Bertz CT molecular complexity index is 606. The molecule has 1 aromatic heterocycles. The van der Waals surface area contributed by atoms with Crippen molar-refractivity contribution in [3.05, 3.63) is 35.5 Å². The number of benzene rings is 1. The van der Waals surface area contributed by atoms with Gasteiger partial charge in [-0.3, -0.25) is 4.79 Å². The number of hydrogen-bond donors (Lipinski definition) is 0. The zero-order chi connectivity index (χ0) is 12.7. The van der Waals surface area contributed by atoms with E-state index in [0.717, 1.165) is 37.1 Å². The van der Waals surface area contributed by atoms with Crippen molar-refractivity contribution in [3.63, 3.8) is 0 Å². The van der Waals surface area contributed by atoms with Gasteiger partial charge in [-0.1, -0.05) is 12.1 Å². The zero-order valence-electron chi connectivity index (χ0n) is 10.9. The molecule has 0 saturated carbocycles. The molecule has 2 heterocycles. The number of carbonyl (C=O) groups excluding carboxylic acids is 1. The van der Waals surface area contributed by atoms with Crippen LogP contribution in [0.15, 0.2) is 24.3 Å². The smallest absolute Gasteiger partial charge is 0.270 e. The van der Waals surface area contributed by atoms with E-state index < -0.39 is 0 Å². The molecule has 1 saturated heterocycles. The van der Waals surface area contributed by atoms with E-state index in [1.54, 1.807) is 0 Å². The number of hydrogen-bond acceptors (Lipinski definition) is 1. The highest BCUT2D eigenvalue weighted by atomic mass is 16.2. The number of nitrogens with zero attached hydrogens (tertiary/aromatic N) is 2. The quantitative estimate of drug-likeness (QED) is 0.755. The van der Waals surface area contributed by atoms with Gasteiger partial charge in [0.25, 0.3) is 5.91 Å². The number of rotatable bonds is 1. The average Bonchev–Trinajstić information content (AvgIpc) is 2.98. The van der Waals surface area contributed by atoms with Gasteiger partial charge in [-0.15, -0.1) is 0 Å². The fraction of sp³-hybridized carbons (Fsp3) is 0.400. The van der Waals surface area contributed by atoms with Gasteiger partial charge in [-0.2, -0.15) is 0 Å². The molecule has 0 spiro atoms. The number of aromatic nitrogens is 1. The molecule has 0 bridgehead atoms. The zero-order valence-corrected chi connectivity index (χ0v) is 10.9. The van der Waals surface area contributed by atoms with Crippen LogP contribution < -0.4 is 0 Å². The van der Waals surface area contributed by atoms with Crippen LogP contribution in [0.4, 0.5) is 0 Å². The Morgan fingerprint density at radius 1 is 1.22 bits per heavy atom. The van der Waals surface area contributed by atoms with E-state index in [-0.39, 0.29) is 5.91 Å². The highest BCUT2D eigenvalue weighted by Crippen LogP contribution is 2.23. The minimum absolute atomic E-state index is 0.172. The first-order chi connectivity index (χ1) is 8.68. The molecule has 0 radical (unpaired) electrons. The van der Waals surface area contributed by atoms with Crippen LogP contribution in [0.25, 0.3) is 10.9 Å². The lowest BCUT2D eigenvalue weighted by Gasteiger charge is -2.15. The fourth-order valence-corrected chi connectivity index (χ4v) is 2.80. The molecule has 1 aliphatic heterocycles. The summed E-state index contributed by atoms with van der Waals surface area (Å²) >= 11 is 0. The van der Waals surface area contributed by atoms with E-state index in [9.17, 15) is 4.79 Å². The lowest BCUT2D eigenvalue weighted by molar-refractivity contribution is 0.0784. The van der Waals surface area contributed by atoms with Crippen molar-refractivity contribution in [2.24, 2.45) is 7.05 Å². The van der Waals surface area contributed by atoms with Gasteiger partial charge < -0.3 is 9.47 Å². The van der Waals surface area contributed by atoms with Crippen molar-refractivity contribution in [1.29, 1.82) is 0 Å². The normalized spacial score (nSPS) is 15.6.